The Morgan fingerprint density at radius 2 is 2.11 bits per heavy atom. The number of nitrogen functional groups attached to an aromatic ring is 1. The summed E-state index contributed by atoms with van der Waals surface area (Å²) in [5.41, 5.74) is 5.16. The van der Waals surface area contributed by atoms with Crippen LogP contribution in [-0.2, 0) is 18.6 Å². The summed E-state index contributed by atoms with van der Waals surface area (Å²) in [6, 6.07) is 0. The number of aryl methyl sites for hydroxylation is 1. The Morgan fingerprint density at radius 3 is 2.83 bits per heavy atom. The van der Waals surface area contributed by atoms with Crippen molar-refractivity contribution in [3.8, 4) is 0 Å². The molecule has 0 radical (unpaired) electrons. The molecule has 4 nitrogen and oxygen atoms in total. The lowest BCUT2D eigenvalue weighted by molar-refractivity contribution is 0.659. The molecule has 1 aliphatic carbocycles. The lowest BCUT2D eigenvalue weighted by atomic mass is 9.96. The van der Waals surface area contributed by atoms with Crippen molar-refractivity contribution in [1.82, 2.24) is 9.97 Å². The highest BCUT2D eigenvalue weighted by Gasteiger charge is 2.17. The van der Waals surface area contributed by atoms with E-state index in [2.05, 4.69) is 24.3 Å². The molecule has 0 aliphatic heterocycles. The van der Waals surface area contributed by atoms with Crippen molar-refractivity contribution in [2.24, 2.45) is 5.84 Å². The van der Waals surface area contributed by atoms with Crippen LogP contribution >= 0.6 is 11.8 Å². The zero-order chi connectivity index (χ0) is 13.0. The molecule has 0 amide bonds. The van der Waals surface area contributed by atoms with Crippen molar-refractivity contribution >= 4 is 17.6 Å². The normalized spacial score (nSPS) is 16.2. The lowest BCUT2D eigenvalue weighted by Crippen LogP contribution is -2.18. The molecular weight excluding hydrogens is 244 g/mol. The Labute approximate surface area is 113 Å². The maximum Gasteiger partial charge on any atom is 0.147 e. The van der Waals surface area contributed by atoms with E-state index < -0.39 is 0 Å². The molecule has 100 valence electrons. The molecule has 3 N–H and O–H groups in total. The number of hydrazine groups is 1. The Morgan fingerprint density at radius 1 is 1.33 bits per heavy atom. The highest BCUT2D eigenvalue weighted by atomic mass is 32.2. The summed E-state index contributed by atoms with van der Waals surface area (Å²) in [7, 11) is 0. The zero-order valence-corrected chi connectivity index (χ0v) is 12.0. The molecule has 1 aliphatic rings. The molecule has 5 heteroatoms. The number of hydrogen-bond acceptors (Lipinski definition) is 5. The minimum atomic E-state index is 0.652. The second-order valence-electron chi connectivity index (χ2n) is 4.80. The smallest absolute Gasteiger partial charge is 0.147 e. The summed E-state index contributed by atoms with van der Waals surface area (Å²) >= 11 is 1.91. The minimum absolute atomic E-state index is 0.652. The van der Waals surface area contributed by atoms with Crippen LogP contribution in [0.3, 0.4) is 0 Å². The van der Waals surface area contributed by atoms with Gasteiger partial charge in [0.1, 0.15) is 11.6 Å². The van der Waals surface area contributed by atoms with Crippen LogP contribution in [0.25, 0.3) is 0 Å². The maximum absolute atomic E-state index is 5.58. The molecule has 1 atom stereocenters. The van der Waals surface area contributed by atoms with Crippen LogP contribution in [0.15, 0.2) is 0 Å². The molecule has 0 aromatic carbocycles. The van der Waals surface area contributed by atoms with Gasteiger partial charge in [-0.05, 0) is 32.1 Å². The first-order chi connectivity index (χ1) is 8.74. The van der Waals surface area contributed by atoms with Crippen LogP contribution in [0.5, 0.6) is 0 Å². The van der Waals surface area contributed by atoms with Gasteiger partial charge in [-0.15, -0.1) is 0 Å². The molecular formula is C13H22N4S. The summed E-state index contributed by atoms with van der Waals surface area (Å²) in [5, 5.41) is 0.652. The predicted molar refractivity (Wildman–Crippen MR) is 77.5 cm³/mol. The maximum atomic E-state index is 5.58. The van der Waals surface area contributed by atoms with Crippen molar-refractivity contribution < 1.29 is 0 Å². The van der Waals surface area contributed by atoms with Crippen molar-refractivity contribution in [3.63, 3.8) is 0 Å². The average Bonchev–Trinajstić information content (AvgIpc) is 2.43. The number of nitrogens with zero attached hydrogens (tertiary/aromatic N) is 2. The topological polar surface area (TPSA) is 63.8 Å². The first-order valence-electron chi connectivity index (χ1n) is 6.71. The van der Waals surface area contributed by atoms with Crippen molar-refractivity contribution in [2.75, 3.05) is 5.43 Å². The van der Waals surface area contributed by atoms with E-state index in [9.17, 15) is 0 Å². The molecule has 1 aromatic heterocycles. The fourth-order valence-electron chi connectivity index (χ4n) is 2.16. The van der Waals surface area contributed by atoms with Gasteiger partial charge in [0.15, 0.2) is 0 Å². The second-order valence-corrected chi connectivity index (χ2v) is 6.22. The van der Waals surface area contributed by atoms with E-state index in [1.807, 2.05) is 11.8 Å². The van der Waals surface area contributed by atoms with Crippen molar-refractivity contribution in [1.29, 1.82) is 0 Å². The van der Waals surface area contributed by atoms with Crippen LogP contribution in [-0.4, -0.2) is 15.2 Å². The number of nitrogens with two attached hydrogens (primary N) is 1. The van der Waals surface area contributed by atoms with E-state index in [0.29, 0.717) is 5.25 Å². The third-order valence-electron chi connectivity index (χ3n) is 3.44. The van der Waals surface area contributed by atoms with Gasteiger partial charge in [-0.25, -0.2) is 15.8 Å². The van der Waals surface area contributed by atoms with Gasteiger partial charge in [-0.1, -0.05) is 13.8 Å². The Bertz CT molecular complexity index is 391. The molecule has 2 rings (SSSR count). The molecule has 0 saturated carbocycles. The van der Waals surface area contributed by atoms with Gasteiger partial charge in [0.05, 0.1) is 5.75 Å². The van der Waals surface area contributed by atoms with Crippen LogP contribution in [0, 0.1) is 0 Å². The van der Waals surface area contributed by atoms with Gasteiger partial charge >= 0.3 is 0 Å². The summed E-state index contributed by atoms with van der Waals surface area (Å²) < 4.78 is 0. The number of aromatic nitrogens is 2. The van der Waals surface area contributed by atoms with Gasteiger partial charge in [0, 0.05) is 16.5 Å². The van der Waals surface area contributed by atoms with Crippen LogP contribution in [0.2, 0.25) is 0 Å². The summed E-state index contributed by atoms with van der Waals surface area (Å²) in [4.78, 5) is 9.24. The molecule has 1 heterocycles. The highest BCUT2D eigenvalue weighted by Crippen LogP contribution is 2.26. The van der Waals surface area contributed by atoms with Gasteiger partial charge < -0.3 is 5.43 Å². The minimum Gasteiger partial charge on any atom is -0.308 e. The molecule has 0 spiro atoms. The predicted octanol–water partition coefficient (Wildman–Crippen LogP) is 2.67. The summed E-state index contributed by atoms with van der Waals surface area (Å²) in [5.74, 6) is 8.19. The monoisotopic (exact) mass is 266 g/mol. The van der Waals surface area contributed by atoms with Gasteiger partial charge in [-0.2, -0.15) is 11.8 Å². The van der Waals surface area contributed by atoms with Crippen LogP contribution in [0.1, 0.15) is 50.2 Å². The quantitative estimate of drug-likeness (QED) is 0.633. The standard InChI is InChI=1S/C13H22N4S/c1-3-9(2)18-8-12-15-11-7-5-4-6-10(11)13(16-12)17-14/h9H,3-8,14H2,1-2H3,(H,15,16,17). The van der Waals surface area contributed by atoms with E-state index in [-0.39, 0.29) is 0 Å². The van der Waals surface area contributed by atoms with E-state index >= 15 is 0 Å². The average molecular weight is 266 g/mol. The second kappa shape index (κ2) is 6.38. The first kappa shape index (κ1) is 13.6. The number of nitrogens with one attached hydrogen (secondary N) is 1. The number of fused-ring (bicyclic) bond motifs is 1. The van der Waals surface area contributed by atoms with Crippen LogP contribution < -0.4 is 11.3 Å². The van der Waals surface area contributed by atoms with Gasteiger partial charge in [0.2, 0.25) is 0 Å². The van der Waals surface area contributed by atoms with Crippen molar-refractivity contribution in [3.05, 3.63) is 17.1 Å². The van der Waals surface area contributed by atoms with Crippen LogP contribution in [0.4, 0.5) is 5.82 Å². The molecule has 18 heavy (non-hydrogen) atoms. The number of thioether (sulfide) groups is 1. The Hall–Kier alpha value is -0.810. The first-order valence-corrected chi connectivity index (χ1v) is 7.76. The lowest BCUT2D eigenvalue weighted by Gasteiger charge is -2.18. The molecule has 1 aromatic rings. The van der Waals surface area contributed by atoms with E-state index in [4.69, 9.17) is 10.8 Å². The molecule has 0 bridgehead atoms. The van der Waals surface area contributed by atoms with Crippen molar-refractivity contribution in [2.45, 2.75) is 57.0 Å². The number of anilines is 1. The molecule has 0 fully saturated rings. The molecule has 1 unspecified atom stereocenters. The SMILES string of the molecule is CCC(C)SCc1nc2c(c(NN)n1)CCCC2. The number of rotatable bonds is 5. The van der Waals surface area contributed by atoms with E-state index in [0.717, 1.165) is 30.2 Å². The summed E-state index contributed by atoms with van der Waals surface area (Å²) in [6.45, 7) is 4.45. The third-order valence-corrected chi connectivity index (χ3v) is 4.77. The fourth-order valence-corrected chi connectivity index (χ4v) is 2.96. The van der Waals surface area contributed by atoms with Gasteiger partial charge in [0.25, 0.3) is 0 Å². The van der Waals surface area contributed by atoms with E-state index in [1.165, 1.54) is 30.5 Å². The third kappa shape index (κ3) is 3.14. The summed E-state index contributed by atoms with van der Waals surface area (Å²) in [6.07, 6.45) is 5.73. The molecule has 0 saturated heterocycles. The Kier molecular flexibility index (Phi) is 4.83. The van der Waals surface area contributed by atoms with E-state index in [1.54, 1.807) is 0 Å². The highest BCUT2D eigenvalue weighted by molar-refractivity contribution is 7.99. The Balaban J connectivity index is 2.16. The fraction of sp³-hybridized carbons (Fsp3) is 0.692. The zero-order valence-electron chi connectivity index (χ0n) is 11.2. The largest absolute Gasteiger partial charge is 0.308 e. The van der Waals surface area contributed by atoms with Gasteiger partial charge in [-0.3, -0.25) is 0 Å². The number of hydrogen-bond donors (Lipinski definition) is 2.